The Balaban J connectivity index is 2.04. The topological polar surface area (TPSA) is 38.0 Å². The van der Waals surface area contributed by atoms with Gasteiger partial charge in [0.25, 0.3) is 0 Å². The van der Waals surface area contributed by atoms with Crippen molar-refractivity contribution in [2.24, 2.45) is 5.92 Å². The average Bonchev–Trinajstić information content (AvgIpc) is 2.34. The van der Waals surface area contributed by atoms with Gasteiger partial charge in [0.2, 0.25) is 0 Å². The number of nitrogens with one attached hydrogen (secondary N) is 1. The highest BCUT2D eigenvalue weighted by molar-refractivity contribution is 5.61. The summed E-state index contributed by atoms with van der Waals surface area (Å²) in [5, 5.41) is 3.36. The Kier molecular flexibility index (Phi) is 3.88. The zero-order valence-electron chi connectivity index (χ0n) is 11.0. The van der Waals surface area contributed by atoms with E-state index < -0.39 is 0 Å². The largest absolute Gasteiger partial charge is 0.399 e. The molecule has 94 valence electrons. The first kappa shape index (κ1) is 12.5. The minimum absolute atomic E-state index is 0.695. The maximum atomic E-state index is 5.66. The summed E-state index contributed by atoms with van der Waals surface area (Å²) < 4.78 is 0. The van der Waals surface area contributed by atoms with E-state index in [0.717, 1.165) is 23.5 Å². The van der Waals surface area contributed by atoms with Crippen LogP contribution >= 0.6 is 0 Å². The lowest BCUT2D eigenvalue weighted by atomic mass is 10.0. The summed E-state index contributed by atoms with van der Waals surface area (Å²) in [4.78, 5) is 0. The second-order valence-corrected chi connectivity index (χ2v) is 5.04. The molecule has 2 aromatic rings. The number of rotatable bonds is 4. The third-order valence-electron chi connectivity index (χ3n) is 2.80. The van der Waals surface area contributed by atoms with Crippen molar-refractivity contribution >= 4 is 17.1 Å². The molecule has 0 aliphatic carbocycles. The summed E-state index contributed by atoms with van der Waals surface area (Å²) >= 11 is 0. The molecule has 18 heavy (non-hydrogen) atoms. The molecule has 0 spiro atoms. The van der Waals surface area contributed by atoms with Crippen molar-refractivity contribution < 1.29 is 0 Å². The summed E-state index contributed by atoms with van der Waals surface area (Å²) in [5.41, 5.74) is 9.99. The van der Waals surface area contributed by atoms with Crippen LogP contribution in [0.25, 0.3) is 0 Å². The normalized spacial score (nSPS) is 10.6. The Hall–Kier alpha value is -1.96. The van der Waals surface area contributed by atoms with E-state index in [1.54, 1.807) is 0 Å². The third-order valence-corrected chi connectivity index (χ3v) is 2.80. The molecule has 2 heteroatoms. The fourth-order valence-electron chi connectivity index (χ4n) is 1.93. The molecule has 0 heterocycles. The van der Waals surface area contributed by atoms with Crippen LogP contribution in [0, 0.1) is 5.92 Å². The van der Waals surface area contributed by atoms with Crippen LogP contribution in [-0.2, 0) is 6.42 Å². The van der Waals surface area contributed by atoms with Crippen LogP contribution in [0.4, 0.5) is 17.1 Å². The fourth-order valence-corrected chi connectivity index (χ4v) is 1.93. The molecular formula is C16H20N2. The molecule has 0 amide bonds. The summed E-state index contributed by atoms with van der Waals surface area (Å²) in [6.45, 7) is 4.47. The van der Waals surface area contributed by atoms with E-state index >= 15 is 0 Å². The van der Waals surface area contributed by atoms with Crippen molar-refractivity contribution in [1.29, 1.82) is 0 Å². The summed E-state index contributed by atoms with van der Waals surface area (Å²) in [6.07, 6.45) is 1.13. The second kappa shape index (κ2) is 5.58. The molecule has 3 N–H and O–H groups in total. The van der Waals surface area contributed by atoms with Gasteiger partial charge in [-0.15, -0.1) is 0 Å². The maximum absolute atomic E-state index is 5.66. The molecule has 0 saturated carbocycles. The van der Waals surface area contributed by atoms with Gasteiger partial charge in [-0.2, -0.15) is 0 Å². The zero-order chi connectivity index (χ0) is 13.0. The van der Waals surface area contributed by atoms with Crippen molar-refractivity contribution in [1.82, 2.24) is 0 Å². The lowest BCUT2D eigenvalue weighted by molar-refractivity contribution is 0.647. The second-order valence-electron chi connectivity index (χ2n) is 5.04. The first-order valence-electron chi connectivity index (χ1n) is 6.35. The summed E-state index contributed by atoms with van der Waals surface area (Å²) in [6, 6.07) is 16.4. The minimum Gasteiger partial charge on any atom is -0.399 e. The number of hydrogen-bond donors (Lipinski definition) is 2. The smallest absolute Gasteiger partial charge is 0.0385 e. The van der Waals surface area contributed by atoms with Crippen molar-refractivity contribution in [2.75, 3.05) is 11.1 Å². The van der Waals surface area contributed by atoms with Crippen LogP contribution in [0.3, 0.4) is 0 Å². The molecule has 0 fully saturated rings. The predicted octanol–water partition coefficient (Wildman–Crippen LogP) is 4.21. The van der Waals surface area contributed by atoms with Gasteiger partial charge in [-0.05, 0) is 54.3 Å². The lowest BCUT2D eigenvalue weighted by Gasteiger charge is -2.09. The highest BCUT2D eigenvalue weighted by atomic mass is 14.9. The van der Waals surface area contributed by atoms with Crippen LogP contribution in [0.2, 0.25) is 0 Å². The Bertz CT molecular complexity index is 484. The SMILES string of the molecule is CC(C)Cc1ccc(Nc2ccc(N)cc2)cc1. The van der Waals surface area contributed by atoms with Crippen LogP contribution in [0.5, 0.6) is 0 Å². The maximum Gasteiger partial charge on any atom is 0.0385 e. The number of nitrogens with two attached hydrogens (primary N) is 1. The van der Waals surface area contributed by atoms with E-state index in [0.29, 0.717) is 5.92 Å². The molecule has 0 atom stereocenters. The van der Waals surface area contributed by atoms with Crippen molar-refractivity contribution in [3.05, 3.63) is 54.1 Å². The summed E-state index contributed by atoms with van der Waals surface area (Å²) in [5.74, 6) is 0.695. The first-order valence-corrected chi connectivity index (χ1v) is 6.35. The number of nitrogen functional groups attached to an aromatic ring is 1. The molecule has 0 aliphatic heterocycles. The van der Waals surface area contributed by atoms with Crippen molar-refractivity contribution in [3.8, 4) is 0 Å². The molecule has 0 radical (unpaired) electrons. The molecule has 2 aromatic carbocycles. The lowest BCUT2D eigenvalue weighted by Crippen LogP contribution is -1.95. The van der Waals surface area contributed by atoms with Gasteiger partial charge in [0.05, 0.1) is 0 Å². The molecule has 0 bridgehead atoms. The quantitative estimate of drug-likeness (QED) is 0.786. The van der Waals surface area contributed by atoms with E-state index in [-0.39, 0.29) is 0 Å². The Morgan fingerprint density at radius 1 is 0.889 bits per heavy atom. The van der Waals surface area contributed by atoms with E-state index in [4.69, 9.17) is 5.73 Å². The standard InChI is InChI=1S/C16H20N2/c1-12(2)11-13-3-7-15(8-4-13)18-16-9-5-14(17)6-10-16/h3-10,12,18H,11,17H2,1-2H3. The van der Waals surface area contributed by atoms with Gasteiger partial charge in [0, 0.05) is 17.1 Å². The van der Waals surface area contributed by atoms with Gasteiger partial charge >= 0.3 is 0 Å². The van der Waals surface area contributed by atoms with Crippen molar-refractivity contribution in [3.63, 3.8) is 0 Å². The van der Waals surface area contributed by atoms with E-state index in [1.807, 2.05) is 24.3 Å². The Morgan fingerprint density at radius 3 is 1.89 bits per heavy atom. The van der Waals surface area contributed by atoms with Crippen LogP contribution in [0.1, 0.15) is 19.4 Å². The fraction of sp³-hybridized carbons (Fsp3) is 0.250. The van der Waals surface area contributed by atoms with E-state index in [2.05, 4.69) is 43.4 Å². The Labute approximate surface area is 109 Å². The molecule has 0 unspecified atom stereocenters. The number of anilines is 3. The Morgan fingerprint density at radius 2 is 1.39 bits per heavy atom. The monoisotopic (exact) mass is 240 g/mol. The summed E-state index contributed by atoms with van der Waals surface area (Å²) in [7, 11) is 0. The highest BCUT2D eigenvalue weighted by Gasteiger charge is 1.98. The van der Waals surface area contributed by atoms with Gasteiger partial charge in [0.1, 0.15) is 0 Å². The molecular weight excluding hydrogens is 220 g/mol. The highest BCUT2D eigenvalue weighted by Crippen LogP contribution is 2.19. The van der Waals surface area contributed by atoms with Crippen LogP contribution < -0.4 is 11.1 Å². The average molecular weight is 240 g/mol. The molecule has 2 nitrogen and oxygen atoms in total. The van der Waals surface area contributed by atoms with Crippen LogP contribution in [-0.4, -0.2) is 0 Å². The molecule has 2 rings (SSSR count). The van der Waals surface area contributed by atoms with Gasteiger partial charge in [0.15, 0.2) is 0 Å². The van der Waals surface area contributed by atoms with Crippen molar-refractivity contribution in [2.45, 2.75) is 20.3 Å². The third kappa shape index (κ3) is 3.52. The van der Waals surface area contributed by atoms with E-state index in [9.17, 15) is 0 Å². The first-order chi connectivity index (χ1) is 8.63. The van der Waals surface area contributed by atoms with Gasteiger partial charge in [-0.1, -0.05) is 26.0 Å². The van der Waals surface area contributed by atoms with E-state index in [1.165, 1.54) is 5.56 Å². The minimum atomic E-state index is 0.695. The van der Waals surface area contributed by atoms with Crippen LogP contribution in [0.15, 0.2) is 48.5 Å². The molecule has 0 aliphatic rings. The predicted molar refractivity (Wildman–Crippen MR) is 79.1 cm³/mol. The number of benzene rings is 2. The zero-order valence-corrected chi connectivity index (χ0v) is 11.0. The van der Waals surface area contributed by atoms with Gasteiger partial charge in [-0.3, -0.25) is 0 Å². The van der Waals surface area contributed by atoms with Gasteiger partial charge in [-0.25, -0.2) is 0 Å². The molecule has 0 aromatic heterocycles. The molecule has 0 saturated heterocycles. The van der Waals surface area contributed by atoms with Gasteiger partial charge < -0.3 is 11.1 Å². The number of hydrogen-bond acceptors (Lipinski definition) is 2.